The fraction of sp³-hybridized carbons (Fsp3) is 0.250. The molecule has 2 heterocycles. The second-order valence-corrected chi connectivity index (χ2v) is 7.49. The fourth-order valence-electron chi connectivity index (χ4n) is 4.03. The van der Waals surface area contributed by atoms with Crippen molar-refractivity contribution in [1.82, 2.24) is 14.8 Å². The molecular weight excluding hydrogens is 381 g/mol. The minimum absolute atomic E-state index is 0.136. The summed E-state index contributed by atoms with van der Waals surface area (Å²) in [5.74, 6) is -1.14. The number of carbonyl (C=O) groups is 1. The van der Waals surface area contributed by atoms with E-state index >= 15 is 0 Å². The van der Waals surface area contributed by atoms with Gasteiger partial charge in [-0.1, -0.05) is 48.5 Å². The predicted octanol–water partition coefficient (Wildman–Crippen LogP) is 3.83. The molecule has 1 aromatic heterocycles. The van der Waals surface area contributed by atoms with Crippen LogP contribution in [-0.4, -0.2) is 52.0 Å². The zero-order valence-corrected chi connectivity index (χ0v) is 16.6. The number of hydrogen-bond donors (Lipinski definition) is 1. The van der Waals surface area contributed by atoms with E-state index < -0.39 is 5.97 Å². The molecule has 3 aromatic rings. The Labute approximate surface area is 175 Å². The Kier molecular flexibility index (Phi) is 6.16. The highest BCUT2D eigenvalue weighted by molar-refractivity contribution is 5.87. The summed E-state index contributed by atoms with van der Waals surface area (Å²) in [7, 11) is 0. The van der Waals surface area contributed by atoms with E-state index in [9.17, 15) is 14.3 Å². The van der Waals surface area contributed by atoms with E-state index in [1.165, 1.54) is 12.1 Å². The largest absolute Gasteiger partial charge is 0.478 e. The number of carboxylic acids is 1. The molecule has 2 aromatic carbocycles. The molecule has 0 amide bonds. The normalized spacial score (nSPS) is 16.3. The summed E-state index contributed by atoms with van der Waals surface area (Å²) in [6.07, 6.45) is 1.54. The summed E-state index contributed by atoms with van der Waals surface area (Å²) in [6.45, 7) is 3.78. The fourth-order valence-corrected chi connectivity index (χ4v) is 4.03. The van der Waals surface area contributed by atoms with Crippen LogP contribution in [0.4, 0.5) is 4.39 Å². The third-order valence-electron chi connectivity index (χ3n) is 5.54. The second kappa shape index (κ2) is 9.15. The highest BCUT2D eigenvalue weighted by Crippen LogP contribution is 2.31. The molecule has 1 unspecified atom stereocenters. The maximum Gasteiger partial charge on any atom is 0.335 e. The number of halogens is 1. The lowest BCUT2D eigenvalue weighted by molar-refractivity contribution is 0.0696. The Balaban J connectivity index is 1.49. The molecule has 0 spiro atoms. The third-order valence-corrected chi connectivity index (χ3v) is 5.54. The van der Waals surface area contributed by atoms with Gasteiger partial charge in [-0.05, 0) is 23.8 Å². The Morgan fingerprint density at radius 3 is 2.40 bits per heavy atom. The Hall–Kier alpha value is -3.09. The lowest BCUT2D eigenvalue weighted by Gasteiger charge is -2.39. The first kappa shape index (κ1) is 20.2. The van der Waals surface area contributed by atoms with Crippen molar-refractivity contribution < 1.29 is 14.3 Å². The molecule has 6 heteroatoms. The van der Waals surface area contributed by atoms with Crippen LogP contribution in [0.5, 0.6) is 0 Å². The smallest absolute Gasteiger partial charge is 0.335 e. The van der Waals surface area contributed by atoms with Crippen molar-refractivity contribution >= 4 is 5.97 Å². The van der Waals surface area contributed by atoms with E-state index in [-0.39, 0.29) is 17.4 Å². The van der Waals surface area contributed by atoms with Crippen LogP contribution in [-0.2, 0) is 6.54 Å². The van der Waals surface area contributed by atoms with E-state index in [4.69, 9.17) is 0 Å². The second-order valence-electron chi connectivity index (χ2n) is 7.49. The first-order valence-electron chi connectivity index (χ1n) is 10.1. The highest BCUT2D eigenvalue weighted by Gasteiger charge is 2.28. The zero-order chi connectivity index (χ0) is 20.9. The number of rotatable bonds is 6. The van der Waals surface area contributed by atoms with Crippen LogP contribution < -0.4 is 0 Å². The van der Waals surface area contributed by atoms with Crippen LogP contribution in [0, 0.1) is 5.82 Å². The summed E-state index contributed by atoms with van der Waals surface area (Å²) < 4.78 is 14.7. The van der Waals surface area contributed by atoms with Crippen LogP contribution in [0.25, 0.3) is 0 Å². The average Bonchev–Trinajstić information content (AvgIpc) is 2.77. The molecular formula is C24H24FN3O2. The number of benzene rings is 2. The van der Waals surface area contributed by atoms with E-state index in [0.29, 0.717) is 12.1 Å². The number of hydrogen-bond acceptors (Lipinski definition) is 4. The van der Waals surface area contributed by atoms with Crippen molar-refractivity contribution in [2.24, 2.45) is 0 Å². The van der Waals surface area contributed by atoms with Crippen LogP contribution in [0.1, 0.15) is 33.2 Å². The van der Waals surface area contributed by atoms with Crippen molar-refractivity contribution in [1.29, 1.82) is 0 Å². The van der Waals surface area contributed by atoms with Gasteiger partial charge in [0.05, 0.1) is 17.3 Å². The van der Waals surface area contributed by atoms with E-state index in [2.05, 4.69) is 14.8 Å². The maximum atomic E-state index is 14.7. The molecule has 1 N–H and O–H groups in total. The molecule has 1 aliphatic rings. The number of pyridine rings is 1. The molecule has 0 aliphatic carbocycles. The summed E-state index contributed by atoms with van der Waals surface area (Å²) in [6, 6.07) is 20.0. The van der Waals surface area contributed by atoms with Gasteiger partial charge in [0.2, 0.25) is 0 Å². The number of nitrogens with zero attached hydrogens (tertiary/aromatic N) is 3. The van der Waals surface area contributed by atoms with Gasteiger partial charge in [-0.15, -0.1) is 0 Å². The van der Waals surface area contributed by atoms with Crippen LogP contribution in [0.3, 0.4) is 0 Å². The molecule has 1 atom stereocenters. The highest BCUT2D eigenvalue weighted by atomic mass is 19.1. The van der Waals surface area contributed by atoms with Crippen LogP contribution >= 0.6 is 0 Å². The van der Waals surface area contributed by atoms with Crippen LogP contribution in [0.2, 0.25) is 0 Å². The summed E-state index contributed by atoms with van der Waals surface area (Å²) in [5.41, 5.74) is 2.76. The van der Waals surface area contributed by atoms with Crippen molar-refractivity contribution in [3.63, 3.8) is 0 Å². The van der Waals surface area contributed by atoms with E-state index in [1.807, 2.05) is 42.5 Å². The van der Waals surface area contributed by atoms with Gasteiger partial charge >= 0.3 is 5.97 Å². The molecule has 30 heavy (non-hydrogen) atoms. The number of aromatic carboxylic acids is 1. The number of aromatic nitrogens is 1. The molecule has 0 bridgehead atoms. The molecule has 1 aliphatic heterocycles. The van der Waals surface area contributed by atoms with Crippen molar-refractivity contribution in [3.8, 4) is 0 Å². The minimum Gasteiger partial charge on any atom is -0.478 e. The minimum atomic E-state index is -0.945. The van der Waals surface area contributed by atoms with Crippen molar-refractivity contribution in [3.05, 3.63) is 101 Å². The van der Waals surface area contributed by atoms with Gasteiger partial charge in [0.1, 0.15) is 5.82 Å². The molecule has 1 saturated heterocycles. The molecule has 0 radical (unpaired) electrons. The zero-order valence-electron chi connectivity index (χ0n) is 16.6. The van der Waals surface area contributed by atoms with Crippen molar-refractivity contribution in [2.75, 3.05) is 26.2 Å². The quantitative estimate of drug-likeness (QED) is 0.676. The average molecular weight is 405 g/mol. The maximum absolute atomic E-state index is 14.7. The van der Waals surface area contributed by atoms with Gasteiger partial charge in [0.25, 0.3) is 0 Å². The Morgan fingerprint density at radius 2 is 1.70 bits per heavy atom. The van der Waals surface area contributed by atoms with Crippen LogP contribution in [0.15, 0.2) is 72.9 Å². The van der Waals surface area contributed by atoms with Gasteiger partial charge in [-0.2, -0.15) is 0 Å². The van der Waals surface area contributed by atoms with Gasteiger partial charge in [0.15, 0.2) is 0 Å². The molecule has 154 valence electrons. The predicted molar refractivity (Wildman–Crippen MR) is 113 cm³/mol. The molecule has 4 rings (SSSR count). The molecule has 1 fully saturated rings. The summed E-state index contributed by atoms with van der Waals surface area (Å²) >= 11 is 0. The first-order chi connectivity index (χ1) is 14.6. The van der Waals surface area contributed by atoms with Gasteiger partial charge in [-0.3, -0.25) is 14.8 Å². The monoisotopic (exact) mass is 405 g/mol. The lowest BCUT2D eigenvalue weighted by atomic mass is 9.96. The summed E-state index contributed by atoms with van der Waals surface area (Å²) in [4.78, 5) is 20.1. The van der Waals surface area contributed by atoms with E-state index in [1.54, 1.807) is 18.3 Å². The first-order valence-corrected chi connectivity index (χ1v) is 10.1. The van der Waals surface area contributed by atoms with Gasteiger partial charge in [0, 0.05) is 44.5 Å². The number of carboxylic acid groups (broad SMARTS) is 1. The lowest BCUT2D eigenvalue weighted by Crippen LogP contribution is -2.47. The topological polar surface area (TPSA) is 56.7 Å². The number of piperazine rings is 1. The van der Waals surface area contributed by atoms with Crippen molar-refractivity contribution in [2.45, 2.75) is 12.6 Å². The standard InChI is InChI=1S/C24H24FN3O2/c25-22-9-5-4-8-21(22)23(18-6-2-1-3-7-18)28-14-12-27(13-15-28)17-20-16-19(24(29)30)10-11-26-20/h1-11,16,23H,12-15,17H2,(H,29,30). The summed E-state index contributed by atoms with van der Waals surface area (Å²) in [5, 5.41) is 9.17. The SMILES string of the molecule is O=C(O)c1ccnc(CN2CCN(C(c3ccccc3)c3ccccc3F)CC2)c1. The van der Waals surface area contributed by atoms with Gasteiger partial charge in [-0.25, -0.2) is 9.18 Å². The third kappa shape index (κ3) is 4.56. The van der Waals surface area contributed by atoms with Gasteiger partial charge < -0.3 is 5.11 Å². The Morgan fingerprint density at radius 1 is 1.00 bits per heavy atom. The molecule has 5 nitrogen and oxygen atoms in total. The van der Waals surface area contributed by atoms with E-state index in [0.717, 1.165) is 37.4 Å². The molecule has 0 saturated carbocycles. The Bertz CT molecular complexity index is 1000.